The Hall–Kier alpha value is -3.01. The number of nitrogens with zero attached hydrogens (tertiary/aromatic N) is 5. The average molecular weight is 603 g/mol. The van der Waals surface area contributed by atoms with E-state index in [0.29, 0.717) is 33.4 Å². The number of aryl methyl sites for hydroxylation is 1. The Morgan fingerprint density at radius 2 is 1.81 bits per heavy atom. The van der Waals surface area contributed by atoms with Gasteiger partial charge in [-0.05, 0) is 77.0 Å². The maximum absolute atomic E-state index is 17.1. The molecule has 0 spiro atoms. The number of aromatic nitrogens is 4. The molecule has 2 aromatic heterocycles. The van der Waals surface area contributed by atoms with Crippen molar-refractivity contribution in [1.82, 2.24) is 30.4 Å². The van der Waals surface area contributed by atoms with Crippen LogP contribution in [0.2, 0.25) is 5.02 Å². The average Bonchev–Trinajstić information content (AvgIpc) is 3.94. The standard InChI is InChI=1S/C33H40ClFN8/c1-17-4-9-25-28(30(41-40-25)20-5-6-20)26(17)27-24(34)14-23-31(29(27)35)38-33(37-21-10-12-42(13-11-21)22-7-8-22)39-32(23)43-16-18(2)36-15-19(43)3/h4,9,14,18-22,36H,5-8,10-13,15-16H2,1-3H3,(H,40,41)(H,37,38,39)/t18-,19+/m1/s1. The third-order valence-corrected chi connectivity index (χ3v) is 10.3. The highest BCUT2D eigenvalue weighted by Crippen LogP contribution is 2.48. The van der Waals surface area contributed by atoms with Crippen LogP contribution in [0.25, 0.3) is 32.9 Å². The lowest BCUT2D eigenvalue weighted by Crippen LogP contribution is -2.54. The number of fused-ring (bicyclic) bond motifs is 2. The second-order valence-corrected chi connectivity index (χ2v) is 13.8. The monoisotopic (exact) mass is 602 g/mol. The van der Waals surface area contributed by atoms with E-state index in [2.05, 4.69) is 44.5 Å². The number of benzene rings is 2. The largest absolute Gasteiger partial charge is 0.351 e. The van der Waals surface area contributed by atoms with Gasteiger partial charge in [0.25, 0.3) is 0 Å². The Labute approximate surface area is 256 Å². The maximum Gasteiger partial charge on any atom is 0.225 e. The first kappa shape index (κ1) is 27.5. The Morgan fingerprint density at radius 3 is 2.56 bits per heavy atom. The van der Waals surface area contributed by atoms with Gasteiger partial charge in [0.05, 0.1) is 10.5 Å². The van der Waals surface area contributed by atoms with Gasteiger partial charge in [-0.2, -0.15) is 10.1 Å². The van der Waals surface area contributed by atoms with Crippen molar-refractivity contribution in [2.24, 2.45) is 0 Å². The predicted octanol–water partition coefficient (Wildman–Crippen LogP) is 6.38. The molecule has 2 aliphatic carbocycles. The second-order valence-electron chi connectivity index (χ2n) is 13.4. The summed E-state index contributed by atoms with van der Waals surface area (Å²) in [5.74, 6) is 1.27. The van der Waals surface area contributed by atoms with Crippen LogP contribution >= 0.6 is 11.6 Å². The fourth-order valence-electron chi connectivity index (χ4n) is 7.27. The fraction of sp³-hybridized carbons (Fsp3) is 0.545. The van der Waals surface area contributed by atoms with Crippen LogP contribution in [0.3, 0.4) is 0 Å². The van der Waals surface area contributed by atoms with Gasteiger partial charge in [-0.3, -0.25) is 5.10 Å². The number of halogens is 2. The van der Waals surface area contributed by atoms with Crippen LogP contribution in [0, 0.1) is 12.7 Å². The number of piperazine rings is 1. The van der Waals surface area contributed by atoms with Crippen molar-refractivity contribution >= 4 is 45.2 Å². The van der Waals surface area contributed by atoms with Gasteiger partial charge in [0.15, 0.2) is 5.82 Å². The lowest BCUT2D eigenvalue weighted by molar-refractivity contribution is 0.210. The zero-order chi connectivity index (χ0) is 29.4. The molecule has 43 heavy (non-hydrogen) atoms. The Kier molecular flexibility index (Phi) is 6.76. The van der Waals surface area contributed by atoms with Crippen LogP contribution < -0.4 is 15.5 Å². The molecule has 8 rings (SSSR count). The lowest BCUT2D eigenvalue weighted by atomic mass is 9.93. The minimum absolute atomic E-state index is 0.188. The number of hydrogen-bond donors (Lipinski definition) is 3. The summed E-state index contributed by atoms with van der Waals surface area (Å²) in [4.78, 5) is 14.9. The summed E-state index contributed by atoms with van der Waals surface area (Å²) in [6.07, 6.45) is 6.96. The molecule has 2 saturated carbocycles. The van der Waals surface area contributed by atoms with E-state index in [1.807, 2.05) is 25.1 Å². The minimum Gasteiger partial charge on any atom is -0.351 e. The smallest absolute Gasteiger partial charge is 0.225 e. The molecule has 2 aliphatic heterocycles. The predicted molar refractivity (Wildman–Crippen MR) is 172 cm³/mol. The lowest BCUT2D eigenvalue weighted by Gasteiger charge is -2.39. The van der Waals surface area contributed by atoms with Gasteiger partial charge in [-0.1, -0.05) is 17.7 Å². The van der Waals surface area contributed by atoms with Gasteiger partial charge in [0, 0.05) is 83.9 Å². The molecule has 2 saturated heterocycles. The van der Waals surface area contributed by atoms with Crippen LogP contribution in [-0.2, 0) is 0 Å². The molecular weight excluding hydrogens is 563 g/mol. The molecule has 2 atom stereocenters. The number of piperidine rings is 1. The van der Waals surface area contributed by atoms with Crippen molar-refractivity contribution in [3.05, 3.63) is 40.3 Å². The summed E-state index contributed by atoms with van der Waals surface area (Å²) in [6, 6.07) is 7.41. The Balaban J connectivity index is 1.27. The molecule has 4 heterocycles. The highest BCUT2D eigenvalue weighted by Gasteiger charge is 2.34. The van der Waals surface area contributed by atoms with Crippen molar-refractivity contribution < 1.29 is 4.39 Å². The van der Waals surface area contributed by atoms with Crippen molar-refractivity contribution in [3.8, 4) is 11.1 Å². The summed E-state index contributed by atoms with van der Waals surface area (Å²) >= 11 is 7.07. The summed E-state index contributed by atoms with van der Waals surface area (Å²) in [5.41, 5.74) is 4.41. The number of anilines is 2. The second kappa shape index (κ2) is 10.6. The first-order valence-electron chi connectivity index (χ1n) is 16.0. The molecular formula is C33H40ClFN8. The molecule has 0 unspecified atom stereocenters. The molecule has 4 aromatic rings. The van der Waals surface area contributed by atoms with E-state index in [1.54, 1.807) is 0 Å². The molecule has 3 N–H and O–H groups in total. The van der Waals surface area contributed by atoms with E-state index in [4.69, 9.17) is 21.6 Å². The number of H-pyrrole nitrogens is 1. The van der Waals surface area contributed by atoms with Crippen molar-refractivity contribution in [2.75, 3.05) is 36.4 Å². The molecule has 8 nitrogen and oxygen atoms in total. The molecule has 0 radical (unpaired) electrons. The topological polar surface area (TPSA) is 85.0 Å². The summed E-state index contributed by atoms with van der Waals surface area (Å²) in [6.45, 7) is 10.1. The zero-order valence-electron chi connectivity index (χ0n) is 25.2. The van der Waals surface area contributed by atoms with Crippen LogP contribution in [-0.4, -0.2) is 75.4 Å². The van der Waals surface area contributed by atoms with Crippen LogP contribution in [0.5, 0.6) is 0 Å². The molecule has 10 heteroatoms. The zero-order valence-corrected chi connectivity index (χ0v) is 25.9. The maximum atomic E-state index is 17.1. The van der Waals surface area contributed by atoms with E-state index >= 15 is 4.39 Å². The highest BCUT2D eigenvalue weighted by atomic mass is 35.5. The van der Waals surface area contributed by atoms with Gasteiger partial charge in [0.1, 0.15) is 11.3 Å². The van der Waals surface area contributed by atoms with E-state index in [1.165, 1.54) is 12.8 Å². The number of likely N-dealkylation sites (tertiary alicyclic amines) is 1. The normalized spacial score (nSPS) is 23.9. The number of hydrogen-bond acceptors (Lipinski definition) is 7. The van der Waals surface area contributed by atoms with E-state index < -0.39 is 5.82 Å². The summed E-state index contributed by atoms with van der Waals surface area (Å²) in [5, 5.41) is 17.0. The molecule has 2 aromatic carbocycles. The molecule has 4 aliphatic rings. The van der Waals surface area contributed by atoms with Gasteiger partial charge >= 0.3 is 0 Å². The Morgan fingerprint density at radius 1 is 1.02 bits per heavy atom. The summed E-state index contributed by atoms with van der Waals surface area (Å²) in [7, 11) is 0. The van der Waals surface area contributed by atoms with Crippen molar-refractivity contribution in [3.63, 3.8) is 0 Å². The quantitative estimate of drug-likeness (QED) is 0.236. The number of nitrogens with one attached hydrogen (secondary N) is 3. The first-order chi connectivity index (χ1) is 20.9. The molecule has 0 amide bonds. The molecule has 226 valence electrons. The first-order valence-corrected chi connectivity index (χ1v) is 16.4. The number of aromatic amines is 1. The molecule has 4 fully saturated rings. The summed E-state index contributed by atoms with van der Waals surface area (Å²) < 4.78 is 17.1. The van der Waals surface area contributed by atoms with E-state index in [0.717, 1.165) is 91.4 Å². The SMILES string of the molecule is Cc1ccc2n[nH]c(C3CC3)c2c1-c1c(Cl)cc2c(N3C[C@@H](C)NC[C@@H]3C)nc(NC3CCN(C4CC4)CC3)nc2c1F. The van der Waals surface area contributed by atoms with E-state index in [-0.39, 0.29) is 18.1 Å². The van der Waals surface area contributed by atoms with Gasteiger partial charge in [-0.25, -0.2) is 9.37 Å². The van der Waals surface area contributed by atoms with Gasteiger partial charge in [-0.15, -0.1) is 0 Å². The van der Waals surface area contributed by atoms with Gasteiger partial charge in [0.2, 0.25) is 5.95 Å². The molecule has 0 bridgehead atoms. The van der Waals surface area contributed by atoms with E-state index in [9.17, 15) is 0 Å². The van der Waals surface area contributed by atoms with Crippen molar-refractivity contribution in [1.29, 1.82) is 0 Å². The highest BCUT2D eigenvalue weighted by molar-refractivity contribution is 6.35. The Bertz CT molecular complexity index is 1700. The van der Waals surface area contributed by atoms with Crippen LogP contribution in [0.4, 0.5) is 16.2 Å². The third kappa shape index (κ3) is 4.93. The van der Waals surface area contributed by atoms with Crippen LogP contribution in [0.1, 0.15) is 69.5 Å². The minimum atomic E-state index is -0.396. The van der Waals surface area contributed by atoms with Gasteiger partial charge < -0.3 is 20.4 Å². The van der Waals surface area contributed by atoms with Crippen LogP contribution in [0.15, 0.2) is 18.2 Å². The third-order valence-electron chi connectivity index (χ3n) is 10.0. The van der Waals surface area contributed by atoms with Crippen molar-refractivity contribution in [2.45, 2.75) is 89.4 Å². The fourth-order valence-corrected chi connectivity index (χ4v) is 7.55. The number of rotatable bonds is 6.